The zero-order chi connectivity index (χ0) is 13.7. The quantitative estimate of drug-likeness (QED) is 0.862. The highest BCUT2D eigenvalue weighted by atomic mass is 32.2. The molecule has 2 N–H and O–H groups in total. The van der Waals surface area contributed by atoms with E-state index < -0.39 is 0 Å². The molecule has 18 heavy (non-hydrogen) atoms. The van der Waals surface area contributed by atoms with Crippen LogP contribution in [0, 0.1) is 5.82 Å². The second kappa shape index (κ2) is 7.12. The van der Waals surface area contributed by atoms with Crippen molar-refractivity contribution in [2.75, 3.05) is 19.1 Å². The molecule has 0 amide bonds. The van der Waals surface area contributed by atoms with E-state index in [0.29, 0.717) is 6.04 Å². The monoisotopic (exact) mass is 270 g/mol. The van der Waals surface area contributed by atoms with E-state index in [-0.39, 0.29) is 17.9 Å². The van der Waals surface area contributed by atoms with Crippen LogP contribution < -0.4 is 5.73 Å². The maximum Gasteiger partial charge on any atom is 0.123 e. The lowest BCUT2D eigenvalue weighted by atomic mass is 9.98. The molecule has 0 aliphatic heterocycles. The highest BCUT2D eigenvalue weighted by Crippen LogP contribution is 2.25. The van der Waals surface area contributed by atoms with E-state index in [4.69, 9.17) is 5.73 Å². The van der Waals surface area contributed by atoms with Crippen LogP contribution in [0.1, 0.15) is 25.5 Å². The zero-order valence-corrected chi connectivity index (χ0v) is 12.4. The van der Waals surface area contributed by atoms with E-state index in [1.54, 1.807) is 0 Å². The third-order valence-electron chi connectivity index (χ3n) is 3.25. The maximum absolute atomic E-state index is 13.0. The van der Waals surface area contributed by atoms with E-state index >= 15 is 0 Å². The fraction of sp³-hybridized carbons (Fsp3) is 0.571. The van der Waals surface area contributed by atoms with Gasteiger partial charge < -0.3 is 5.73 Å². The normalized spacial score (nSPS) is 16.6. The summed E-state index contributed by atoms with van der Waals surface area (Å²) in [5.41, 5.74) is 7.17. The summed E-state index contributed by atoms with van der Waals surface area (Å²) in [7, 11) is 2.08. The molecule has 0 saturated heterocycles. The Morgan fingerprint density at radius 1 is 1.28 bits per heavy atom. The van der Waals surface area contributed by atoms with E-state index in [1.807, 2.05) is 30.8 Å². The molecule has 0 aliphatic carbocycles. The molecular weight excluding hydrogens is 247 g/mol. The standard InChI is InChI=1S/C14H23FN2S/c1-10(9-18-4)17(3)14(11(2)16)12-5-7-13(15)8-6-12/h5-8,10-11,14H,9,16H2,1-4H3. The Hall–Kier alpha value is -0.580. The molecule has 3 atom stereocenters. The van der Waals surface area contributed by atoms with Crippen molar-refractivity contribution in [2.24, 2.45) is 5.73 Å². The van der Waals surface area contributed by atoms with E-state index in [2.05, 4.69) is 25.1 Å². The zero-order valence-electron chi connectivity index (χ0n) is 11.6. The SMILES string of the molecule is CSCC(C)N(C)C(c1ccc(F)cc1)C(C)N. The predicted molar refractivity (Wildman–Crippen MR) is 78.4 cm³/mol. The highest BCUT2D eigenvalue weighted by molar-refractivity contribution is 7.98. The molecule has 102 valence electrons. The van der Waals surface area contributed by atoms with Gasteiger partial charge in [-0.3, -0.25) is 4.90 Å². The fourth-order valence-electron chi connectivity index (χ4n) is 2.20. The maximum atomic E-state index is 13.0. The molecule has 0 spiro atoms. The van der Waals surface area contributed by atoms with Crippen molar-refractivity contribution >= 4 is 11.8 Å². The first-order valence-corrected chi connectivity index (χ1v) is 7.58. The van der Waals surface area contributed by atoms with Gasteiger partial charge in [-0.15, -0.1) is 0 Å². The number of thioether (sulfide) groups is 1. The second-order valence-electron chi connectivity index (χ2n) is 4.83. The molecule has 1 rings (SSSR count). The molecule has 1 aromatic carbocycles. The average molecular weight is 270 g/mol. The minimum Gasteiger partial charge on any atom is -0.326 e. The molecule has 0 saturated carbocycles. The summed E-state index contributed by atoms with van der Waals surface area (Å²) in [6.07, 6.45) is 2.10. The molecule has 4 heteroatoms. The smallest absolute Gasteiger partial charge is 0.123 e. The first kappa shape index (κ1) is 15.5. The predicted octanol–water partition coefficient (Wildman–Crippen LogP) is 2.90. The van der Waals surface area contributed by atoms with Crippen molar-refractivity contribution < 1.29 is 4.39 Å². The summed E-state index contributed by atoms with van der Waals surface area (Å²) in [5, 5.41) is 0. The van der Waals surface area contributed by atoms with Gasteiger partial charge in [-0.1, -0.05) is 12.1 Å². The fourth-order valence-corrected chi connectivity index (χ4v) is 2.92. The number of nitrogens with zero attached hydrogens (tertiary/aromatic N) is 1. The van der Waals surface area contributed by atoms with Crippen LogP contribution in [0.25, 0.3) is 0 Å². The average Bonchev–Trinajstić information content (AvgIpc) is 2.31. The van der Waals surface area contributed by atoms with Crippen LogP contribution in [0.3, 0.4) is 0 Å². The summed E-state index contributed by atoms with van der Waals surface area (Å²) in [4.78, 5) is 2.27. The minimum absolute atomic E-state index is 0.00441. The highest BCUT2D eigenvalue weighted by Gasteiger charge is 2.24. The second-order valence-corrected chi connectivity index (χ2v) is 5.74. The third kappa shape index (κ3) is 3.97. The van der Waals surface area contributed by atoms with E-state index in [9.17, 15) is 4.39 Å². The van der Waals surface area contributed by atoms with Crippen molar-refractivity contribution in [3.63, 3.8) is 0 Å². The number of rotatable bonds is 6. The molecular formula is C14H23FN2S. The largest absolute Gasteiger partial charge is 0.326 e. The summed E-state index contributed by atoms with van der Waals surface area (Å²) in [6.45, 7) is 4.19. The number of likely N-dealkylation sites (N-methyl/N-ethyl adjacent to an activating group) is 1. The van der Waals surface area contributed by atoms with Crippen molar-refractivity contribution in [1.29, 1.82) is 0 Å². The lowest BCUT2D eigenvalue weighted by Gasteiger charge is -2.35. The third-order valence-corrected chi connectivity index (χ3v) is 4.07. The number of hydrogen-bond donors (Lipinski definition) is 1. The van der Waals surface area contributed by atoms with Crippen LogP contribution in [-0.4, -0.2) is 36.0 Å². The van der Waals surface area contributed by atoms with Crippen molar-refractivity contribution in [3.05, 3.63) is 35.6 Å². The Kier molecular flexibility index (Phi) is 6.12. The minimum atomic E-state index is -0.206. The van der Waals surface area contributed by atoms with Crippen molar-refractivity contribution in [1.82, 2.24) is 4.90 Å². The van der Waals surface area contributed by atoms with Gasteiger partial charge in [0, 0.05) is 23.9 Å². The van der Waals surface area contributed by atoms with E-state index in [0.717, 1.165) is 11.3 Å². The molecule has 0 aliphatic rings. The molecule has 0 bridgehead atoms. The summed E-state index contributed by atoms with van der Waals surface area (Å²) in [6, 6.07) is 7.20. The van der Waals surface area contributed by atoms with Crippen LogP contribution in [0.4, 0.5) is 4.39 Å². The van der Waals surface area contributed by atoms with Crippen LogP contribution in [-0.2, 0) is 0 Å². The summed E-state index contributed by atoms with van der Waals surface area (Å²) < 4.78 is 13.0. The van der Waals surface area contributed by atoms with Crippen molar-refractivity contribution in [2.45, 2.75) is 32.0 Å². The Morgan fingerprint density at radius 3 is 2.28 bits per heavy atom. The van der Waals surface area contributed by atoms with E-state index in [1.165, 1.54) is 12.1 Å². The molecule has 0 radical (unpaired) electrons. The molecule has 0 aromatic heterocycles. The Morgan fingerprint density at radius 2 is 1.83 bits per heavy atom. The number of hydrogen-bond acceptors (Lipinski definition) is 3. The van der Waals surface area contributed by atoms with Gasteiger partial charge in [0.05, 0.1) is 0 Å². The topological polar surface area (TPSA) is 29.3 Å². The molecule has 0 fully saturated rings. The van der Waals surface area contributed by atoms with Crippen LogP contribution in [0.15, 0.2) is 24.3 Å². The molecule has 0 heterocycles. The Bertz CT molecular complexity index is 353. The lowest BCUT2D eigenvalue weighted by Crippen LogP contribution is -2.42. The molecule has 2 nitrogen and oxygen atoms in total. The number of halogens is 1. The number of benzene rings is 1. The summed E-state index contributed by atoms with van der Waals surface area (Å²) in [5.74, 6) is 0.850. The van der Waals surface area contributed by atoms with Gasteiger partial charge in [0.25, 0.3) is 0 Å². The first-order valence-electron chi connectivity index (χ1n) is 6.19. The van der Waals surface area contributed by atoms with Gasteiger partial charge >= 0.3 is 0 Å². The lowest BCUT2D eigenvalue weighted by molar-refractivity contribution is 0.178. The van der Waals surface area contributed by atoms with Gasteiger partial charge in [0.1, 0.15) is 5.82 Å². The van der Waals surface area contributed by atoms with Crippen molar-refractivity contribution in [3.8, 4) is 0 Å². The van der Waals surface area contributed by atoms with Crippen LogP contribution in [0.2, 0.25) is 0 Å². The summed E-state index contributed by atoms with van der Waals surface area (Å²) >= 11 is 1.82. The first-order chi connectivity index (χ1) is 8.47. The van der Waals surface area contributed by atoms with Gasteiger partial charge in [-0.2, -0.15) is 11.8 Å². The van der Waals surface area contributed by atoms with Crippen LogP contribution >= 0.6 is 11.8 Å². The van der Waals surface area contributed by atoms with Gasteiger partial charge in [0.15, 0.2) is 0 Å². The molecule has 1 aromatic rings. The number of nitrogens with two attached hydrogens (primary N) is 1. The molecule has 3 unspecified atom stereocenters. The van der Waals surface area contributed by atoms with Gasteiger partial charge in [-0.05, 0) is 44.8 Å². The van der Waals surface area contributed by atoms with Gasteiger partial charge in [-0.25, -0.2) is 4.39 Å². The Balaban J connectivity index is 2.92. The van der Waals surface area contributed by atoms with Gasteiger partial charge in [0.2, 0.25) is 0 Å². The Labute approximate surface area is 114 Å². The van der Waals surface area contributed by atoms with Crippen LogP contribution in [0.5, 0.6) is 0 Å².